The van der Waals surface area contributed by atoms with E-state index in [-0.39, 0.29) is 0 Å². The van der Waals surface area contributed by atoms with E-state index in [9.17, 15) is 0 Å². The lowest BCUT2D eigenvalue weighted by molar-refractivity contribution is 1.03. The molecule has 1 nitrogen and oxygen atoms in total. The monoisotopic (exact) mass is 193 g/mol. The second-order valence-electron chi connectivity index (χ2n) is 2.80. The van der Waals surface area contributed by atoms with Gasteiger partial charge in [0.1, 0.15) is 0 Å². The molecule has 0 spiro atoms. The van der Waals surface area contributed by atoms with Gasteiger partial charge in [-0.15, -0.1) is 0 Å². The minimum absolute atomic E-state index is 0.604. The summed E-state index contributed by atoms with van der Waals surface area (Å²) in [5, 5.41) is 0.763. The van der Waals surface area contributed by atoms with Crippen LogP contribution in [0, 0.1) is 18.8 Å². The van der Waals surface area contributed by atoms with E-state index in [0.29, 0.717) is 6.54 Å². The molecule has 0 saturated heterocycles. The maximum absolute atomic E-state index is 5.93. The van der Waals surface area contributed by atoms with Gasteiger partial charge in [0.05, 0.1) is 0 Å². The zero-order chi connectivity index (χ0) is 9.68. The summed E-state index contributed by atoms with van der Waals surface area (Å²) in [5.41, 5.74) is 7.34. The molecule has 0 bridgehead atoms. The second kappa shape index (κ2) is 4.91. The normalized spacial score (nSPS) is 9.15. The molecule has 0 saturated carbocycles. The zero-order valence-corrected chi connectivity index (χ0v) is 8.36. The molecule has 0 aliphatic rings. The van der Waals surface area contributed by atoms with Crippen LogP contribution in [0.4, 0.5) is 0 Å². The van der Waals surface area contributed by atoms with Gasteiger partial charge in [-0.2, -0.15) is 0 Å². The van der Waals surface area contributed by atoms with Crippen molar-refractivity contribution in [1.29, 1.82) is 0 Å². The fraction of sp³-hybridized carbons (Fsp3) is 0.273. The number of hydrogen-bond donors (Lipinski definition) is 1. The maximum Gasteiger partial charge on any atom is 0.0447 e. The summed E-state index contributed by atoms with van der Waals surface area (Å²) in [7, 11) is 0. The van der Waals surface area contributed by atoms with Gasteiger partial charge in [0.2, 0.25) is 0 Å². The van der Waals surface area contributed by atoms with Gasteiger partial charge in [-0.05, 0) is 24.6 Å². The van der Waals surface area contributed by atoms with Crippen molar-refractivity contribution in [3.63, 3.8) is 0 Å². The summed E-state index contributed by atoms with van der Waals surface area (Å²) < 4.78 is 0. The van der Waals surface area contributed by atoms with Gasteiger partial charge in [-0.3, -0.25) is 0 Å². The van der Waals surface area contributed by atoms with Crippen LogP contribution in [0.3, 0.4) is 0 Å². The zero-order valence-electron chi connectivity index (χ0n) is 7.60. The fourth-order valence-corrected chi connectivity index (χ4v) is 1.09. The van der Waals surface area contributed by atoms with Crippen LogP contribution in [0.25, 0.3) is 0 Å². The van der Waals surface area contributed by atoms with Crippen molar-refractivity contribution in [2.24, 2.45) is 5.73 Å². The van der Waals surface area contributed by atoms with Crippen molar-refractivity contribution < 1.29 is 0 Å². The predicted octanol–water partition coefficient (Wildman–Crippen LogP) is 2.35. The topological polar surface area (TPSA) is 26.0 Å². The molecule has 68 valence electrons. The van der Waals surface area contributed by atoms with Crippen molar-refractivity contribution >= 4 is 11.6 Å². The summed E-state index contributed by atoms with van der Waals surface area (Å²) in [6.45, 7) is 2.58. The first-order valence-corrected chi connectivity index (χ1v) is 4.57. The highest BCUT2D eigenvalue weighted by Crippen LogP contribution is 2.15. The summed E-state index contributed by atoms with van der Waals surface area (Å²) in [6, 6.07) is 5.81. The largest absolute Gasteiger partial charge is 0.330 e. The van der Waals surface area contributed by atoms with Crippen LogP contribution in [0.1, 0.15) is 17.5 Å². The van der Waals surface area contributed by atoms with Crippen LogP contribution in [0.2, 0.25) is 5.02 Å². The number of rotatable bonds is 1. The van der Waals surface area contributed by atoms with Gasteiger partial charge >= 0.3 is 0 Å². The Morgan fingerprint density at radius 3 is 2.85 bits per heavy atom. The molecule has 2 heteroatoms. The summed E-state index contributed by atoms with van der Waals surface area (Å²) in [6.07, 6.45) is 0.728. The van der Waals surface area contributed by atoms with E-state index in [0.717, 1.165) is 22.6 Å². The van der Waals surface area contributed by atoms with Crippen LogP contribution in [-0.4, -0.2) is 6.54 Å². The van der Waals surface area contributed by atoms with E-state index in [1.54, 1.807) is 0 Å². The molecule has 0 amide bonds. The highest BCUT2D eigenvalue weighted by atomic mass is 35.5. The molecule has 1 rings (SSSR count). The molecular formula is C11H12ClN. The lowest BCUT2D eigenvalue weighted by Gasteiger charge is -1.96. The SMILES string of the molecule is Cc1ccc(C#CCCN)cc1Cl. The van der Waals surface area contributed by atoms with Crippen molar-refractivity contribution in [3.8, 4) is 11.8 Å². The minimum atomic E-state index is 0.604. The number of nitrogens with two attached hydrogens (primary N) is 1. The third-order valence-electron chi connectivity index (χ3n) is 1.67. The molecule has 0 aromatic heterocycles. The van der Waals surface area contributed by atoms with Gasteiger partial charge in [-0.1, -0.05) is 29.5 Å². The fourth-order valence-electron chi connectivity index (χ4n) is 0.907. The van der Waals surface area contributed by atoms with E-state index >= 15 is 0 Å². The lowest BCUT2D eigenvalue weighted by Crippen LogP contribution is -1.95. The van der Waals surface area contributed by atoms with E-state index in [4.69, 9.17) is 17.3 Å². The van der Waals surface area contributed by atoms with Crippen LogP contribution in [-0.2, 0) is 0 Å². The Morgan fingerprint density at radius 2 is 2.23 bits per heavy atom. The summed E-state index contributed by atoms with van der Waals surface area (Å²) >= 11 is 5.93. The smallest absolute Gasteiger partial charge is 0.0447 e. The molecule has 0 aliphatic carbocycles. The van der Waals surface area contributed by atoms with Gasteiger partial charge in [0.25, 0.3) is 0 Å². The van der Waals surface area contributed by atoms with Crippen molar-refractivity contribution in [1.82, 2.24) is 0 Å². The molecular weight excluding hydrogens is 182 g/mol. The molecule has 0 unspecified atom stereocenters. The van der Waals surface area contributed by atoms with Crippen LogP contribution < -0.4 is 5.73 Å². The third-order valence-corrected chi connectivity index (χ3v) is 2.08. The Labute approximate surface area is 83.9 Å². The first-order valence-electron chi connectivity index (χ1n) is 4.19. The Morgan fingerprint density at radius 1 is 1.46 bits per heavy atom. The highest BCUT2D eigenvalue weighted by Gasteiger charge is 1.93. The summed E-state index contributed by atoms with van der Waals surface area (Å²) in [5.74, 6) is 5.96. The van der Waals surface area contributed by atoms with Crippen LogP contribution in [0.5, 0.6) is 0 Å². The van der Waals surface area contributed by atoms with Gasteiger partial charge in [0, 0.05) is 23.6 Å². The highest BCUT2D eigenvalue weighted by molar-refractivity contribution is 6.31. The van der Waals surface area contributed by atoms with Gasteiger partial charge in [-0.25, -0.2) is 0 Å². The van der Waals surface area contributed by atoms with E-state index in [2.05, 4.69) is 11.8 Å². The third kappa shape index (κ3) is 3.10. The molecule has 1 aromatic carbocycles. The molecule has 0 fully saturated rings. The van der Waals surface area contributed by atoms with Crippen molar-refractivity contribution in [3.05, 3.63) is 34.3 Å². The second-order valence-corrected chi connectivity index (χ2v) is 3.21. The predicted molar refractivity (Wildman–Crippen MR) is 56.7 cm³/mol. The minimum Gasteiger partial charge on any atom is -0.330 e. The number of aryl methyl sites for hydroxylation is 1. The first-order chi connectivity index (χ1) is 6.24. The van der Waals surface area contributed by atoms with E-state index in [1.165, 1.54) is 0 Å². The van der Waals surface area contributed by atoms with Crippen molar-refractivity contribution in [2.75, 3.05) is 6.54 Å². The van der Waals surface area contributed by atoms with E-state index in [1.807, 2.05) is 25.1 Å². The molecule has 0 radical (unpaired) electrons. The number of benzene rings is 1. The summed E-state index contributed by atoms with van der Waals surface area (Å²) in [4.78, 5) is 0. The average molecular weight is 194 g/mol. The van der Waals surface area contributed by atoms with Gasteiger partial charge in [0.15, 0.2) is 0 Å². The Bertz CT molecular complexity index is 347. The molecule has 0 aliphatic heterocycles. The first kappa shape index (κ1) is 10.1. The van der Waals surface area contributed by atoms with Crippen LogP contribution >= 0.6 is 11.6 Å². The number of hydrogen-bond acceptors (Lipinski definition) is 1. The molecule has 0 heterocycles. The number of halogens is 1. The lowest BCUT2D eigenvalue weighted by atomic mass is 10.1. The molecule has 1 aromatic rings. The molecule has 2 N–H and O–H groups in total. The van der Waals surface area contributed by atoms with Crippen LogP contribution in [0.15, 0.2) is 18.2 Å². The molecule has 13 heavy (non-hydrogen) atoms. The Kier molecular flexibility index (Phi) is 3.82. The van der Waals surface area contributed by atoms with E-state index < -0.39 is 0 Å². The molecule has 0 atom stereocenters. The average Bonchev–Trinajstić information content (AvgIpc) is 2.12. The Hall–Kier alpha value is -0.970. The van der Waals surface area contributed by atoms with Crippen molar-refractivity contribution in [2.45, 2.75) is 13.3 Å². The quantitative estimate of drug-likeness (QED) is 0.681. The Balaban J connectivity index is 2.81. The standard InChI is InChI=1S/C11H12ClN/c1-9-5-6-10(8-11(9)12)4-2-3-7-13/h5-6,8H,3,7,13H2,1H3. The van der Waals surface area contributed by atoms with Gasteiger partial charge < -0.3 is 5.73 Å². The maximum atomic E-state index is 5.93.